The Kier molecular flexibility index (Phi) is 2.20. The van der Waals surface area contributed by atoms with Crippen LogP contribution in [0.15, 0.2) is 0 Å². The molecule has 0 fully saturated rings. The molecule has 0 saturated carbocycles. The lowest BCUT2D eigenvalue weighted by atomic mass is 11.6. The summed E-state index contributed by atoms with van der Waals surface area (Å²) < 4.78 is 2.62. The third-order valence-electron chi connectivity index (χ3n) is 0.0408. The Hall–Kier alpha value is -0.490. The van der Waals surface area contributed by atoms with Gasteiger partial charge in [-0.1, -0.05) is 0 Å². The zero-order chi connectivity index (χ0) is 3.41. The van der Waals surface area contributed by atoms with Crippen molar-refractivity contribution in [3.8, 4) is 6.26 Å². The molecular weight excluding hydrogens is 74.1 g/mol. The second-order valence-corrected chi connectivity index (χ2v) is 0.374. The van der Waals surface area contributed by atoms with Gasteiger partial charge in [-0.15, -0.1) is 4.25 Å². The minimum atomic E-state index is 1.37. The third kappa shape index (κ3) is 1.51. The van der Waals surface area contributed by atoms with E-state index in [-0.39, 0.29) is 0 Å². The van der Waals surface area contributed by atoms with Gasteiger partial charge in [0.15, 0.2) is 0 Å². The summed E-state index contributed by atoms with van der Waals surface area (Å²) in [7, 11) is 0. The first kappa shape index (κ1) is 3.51. The van der Waals surface area contributed by atoms with E-state index in [1.54, 1.807) is 0 Å². The quantitative estimate of drug-likeness (QED) is 0.326. The maximum absolute atomic E-state index is 7.35. The Bertz CT molecular complexity index is 44.8. The van der Waals surface area contributed by atoms with Crippen molar-refractivity contribution in [1.82, 2.24) is 0 Å². The van der Waals surface area contributed by atoms with Gasteiger partial charge in [-0.2, -0.15) is 0 Å². The lowest BCUT2D eigenvalue weighted by molar-refractivity contribution is 0.516. The molecule has 0 aromatic heterocycles. The van der Waals surface area contributed by atoms with Gasteiger partial charge in [0.1, 0.15) is 0 Å². The van der Waals surface area contributed by atoms with E-state index in [0.29, 0.717) is 0 Å². The lowest BCUT2D eigenvalue weighted by Crippen LogP contribution is -1.33. The van der Waals surface area contributed by atoms with Crippen LogP contribution in [-0.4, -0.2) is 5.11 Å². The number of aliphatic hydroxyl groups excluding tert-OH is 1. The normalized spacial score (nSPS) is 3.00. The van der Waals surface area contributed by atoms with Gasteiger partial charge < -0.3 is 5.11 Å². The maximum atomic E-state index is 7.35. The van der Waals surface area contributed by atoms with Crippen LogP contribution in [0.5, 0.6) is 0 Å². The molecule has 1 N–H and O–H groups in total. The van der Waals surface area contributed by atoms with Gasteiger partial charge in [-0.3, -0.25) is 12.8 Å². The highest BCUT2D eigenvalue weighted by atomic mass is 32.1. The third-order valence-corrected chi connectivity index (χ3v) is 0.122. The van der Waals surface area contributed by atoms with E-state index >= 15 is 0 Å². The molecule has 0 aromatic rings. The second kappa shape index (κ2) is 2.51. The number of hydrogen-bond acceptors (Lipinski definition) is 2. The molecule has 0 radical (unpaired) electrons. The minimum Gasteiger partial charge on any atom is -0.409 e. The second-order valence-electron chi connectivity index (χ2n) is 0.191. The van der Waals surface area contributed by atoms with Crippen molar-refractivity contribution in [3.05, 3.63) is 4.25 Å². The molecule has 4 heavy (non-hydrogen) atoms. The molecule has 2 nitrogen and oxygen atoms in total. The van der Waals surface area contributed by atoms with Crippen LogP contribution in [0.1, 0.15) is 0 Å². The molecule has 0 aliphatic rings. The molecule has 0 spiro atoms. The molecule has 0 rings (SSSR count). The summed E-state index contributed by atoms with van der Waals surface area (Å²) in [5.74, 6) is 0. The fourth-order valence-electron chi connectivity index (χ4n) is 0. The highest BCUT2D eigenvalue weighted by Crippen LogP contribution is 1.41. The topological polar surface area (TPSA) is 24.6 Å². The Morgan fingerprint density at radius 2 is 2.25 bits per heavy atom. The Morgan fingerprint density at radius 1 is 2.00 bits per heavy atom. The summed E-state index contributed by atoms with van der Waals surface area (Å²) in [6.45, 7) is 0. The predicted octanol–water partition coefficient (Wildman–Crippen LogP) is 0.111. The molecule has 0 saturated heterocycles. The maximum Gasteiger partial charge on any atom is 0.493 e. The van der Waals surface area contributed by atoms with Crippen molar-refractivity contribution >= 4 is 12.8 Å². The van der Waals surface area contributed by atoms with Crippen molar-refractivity contribution in [2.45, 2.75) is 0 Å². The van der Waals surface area contributed by atoms with Crippen LogP contribution in [0.4, 0.5) is 0 Å². The summed E-state index contributed by atoms with van der Waals surface area (Å²) in [6, 6.07) is 0. The van der Waals surface area contributed by atoms with Gasteiger partial charge in [0.05, 0.1) is 0 Å². The monoisotopic (exact) mass is 75.0 g/mol. The van der Waals surface area contributed by atoms with Gasteiger partial charge in [0, 0.05) is 0 Å². The van der Waals surface area contributed by atoms with E-state index in [2.05, 4.69) is 17.1 Å². The van der Waals surface area contributed by atoms with Crippen molar-refractivity contribution in [2.75, 3.05) is 0 Å². The standard InChI is InChI=1S/CHNOS/c3-1-2-4/h3H. The van der Waals surface area contributed by atoms with Crippen LogP contribution in [-0.2, 0) is 12.8 Å². The molecule has 0 amide bonds. The zero-order valence-electron chi connectivity index (χ0n) is 1.80. The minimum absolute atomic E-state index is 1.37. The molecule has 22 valence electrons. The van der Waals surface area contributed by atoms with E-state index in [0.717, 1.165) is 0 Å². The number of rotatable bonds is 0. The average molecular weight is 75.1 g/mol. The average Bonchev–Trinajstić information content (AvgIpc) is 1.37. The number of aliphatic hydroxyl groups is 1. The van der Waals surface area contributed by atoms with Crippen molar-refractivity contribution in [2.24, 2.45) is 0 Å². The van der Waals surface area contributed by atoms with Crippen molar-refractivity contribution in [1.29, 1.82) is 0 Å². The predicted molar refractivity (Wildman–Crippen MR) is 16.5 cm³/mol. The highest BCUT2D eigenvalue weighted by Gasteiger charge is 1.40. The number of hydrogen-bond donors (Lipinski definition) is 1. The van der Waals surface area contributed by atoms with Crippen LogP contribution in [0.3, 0.4) is 0 Å². The van der Waals surface area contributed by atoms with E-state index in [4.69, 9.17) is 5.11 Å². The fourth-order valence-corrected chi connectivity index (χ4v) is 0. The van der Waals surface area contributed by atoms with E-state index < -0.39 is 0 Å². The molecular formula is CHNOS. The largest absolute Gasteiger partial charge is 0.493 e. The van der Waals surface area contributed by atoms with Gasteiger partial charge >= 0.3 is 6.26 Å². The van der Waals surface area contributed by atoms with E-state index in [1.807, 2.05) is 0 Å². The van der Waals surface area contributed by atoms with Crippen LogP contribution in [0.2, 0.25) is 0 Å². The van der Waals surface area contributed by atoms with E-state index in [1.165, 1.54) is 6.26 Å². The summed E-state index contributed by atoms with van der Waals surface area (Å²) in [6.07, 6.45) is 1.37. The van der Waals surface area contributed by atoms with Gasteiger partial charge in [-0.25, -0.2) is 0 Å². The summed E-state index contributed by atoms with van der Waals surface area (Å²) in [5, 5.41) is 7.35. The molecule has 0 atom stereocenters. The zero-order valence-corrected chi connectivity index (χ0v) is 2.62. The van der Waals surface area contributed by atoms with Gasteiger partial charge in [-0.05, 0) is 0 Å². The van der Waals surface area contributed by atoms with E-state index in [9.17, 15) is 0 Å². The van der Waals surface area contributed by atoms with Gasteiger partial charge in [0.2, 0.25) is 0 Å². The first-order chi connectivity index (χ1) is 1.91. The molecule has 0 unspecified atom stereocenters. The van der Waals surface area contributed by atoms with Crippen LogP contribution >= 0.6 is 0 Å². The Morgan fingerprint density at radius 3 is 2.25 bits per heavy atom. The smallest absolute Gasteiger partial charge is 0.409 e. The Labute approximate surface area is 29.4 Å². The number of nitrogens with zero attached hydrogens (tertiary/aromatic N) is 1. The van der Waals surface area contributed by atoms with Gasteiger partial charge in [0.25, 0.3) is 0 Å². The Balaban J connectivity index is 2.83. The summed E-state index contributed by atoms with van der Waals surface area (Å²) in [4.78, 5) is 0. The molecule has 0 heterocycles. The summed E-state index contributed by atoms with van der Waals surface area (Å²) >= 11 is 3.82. The molecule has 0 bridgehead atoms. The molecule has 0 aliphatic carbocycles. The highest BCUT2D eigenvalue weighted by molar-refractivity contribution is 7.61. The molecule has 0 aliphatic heterocycles. The molecule has 0 aromatic carbocycles. The van der Waals surface area contributed by atoms with Crippen molar-refractivity contribution in [3.63, 3.8) is 0 Å². The van der Waals surface area contributed by atoms with Crippen LogP contribution in [0, 0.1) is 6.26 Å². The first-order valence-electron chi connectivity index (χ1n) is 0.630. The van der Waals surface area contributed by atoms with Crippen LogP contribution < -0.4 is 0 Å². The SMILES string of the molecule is OC#[N+][S-]. The summed E-state index contributed by atoms with van der Waals surface area (Å²) in [5.41, 5.74) is 0. The molecule has 3 heteroatoms. The van der Waals surface area contributed by atoms with Crippen molar-refractivity contribution < 1.29 is 5.11 Å². The first-order valence-corrected chi connectivity index (χ1v) is 0.995. The van der Waals surface area contributed by atoms with Crippen LogP contribution in [0.25, 0.3) is 4.25 Å². The lowest BCUT2D eigenvalue weighted by Gasteiger charge is -1.40. The fraction of sp³-hybridized carbons (Fsp3) is 0.